The van der Waals surface area contributed by atoms with Crippen LogP contribution >= 0.6 is 0 Å². The Morgan fingerprint density at radius 3 is 2.24 bits per heavy atom. The first kappa shape index (κ1) is 31.4. The van der Waals surface area contributed by atoms with Crippen LogP contribution in [0.15, 0.2) is 73.0 Å². The Bertz CT molecular complexity index is 1420. The fourth-order valence-corrected chi connectivity index (χ4v) is 3.89. The van der Waals surface area contributed by atoms with E-state index in [0.717, 1.165) is 28.8 Å². The number of carbonyl (C=O) groups excluding carboxylic acids is 4. The molecule has 3 N–H and O–H groups in total. The molecule has 10 heteroatoms. The van der Waals surface area contributed by atoms with Crippen molar-refractivity contribution in [3.63, 3.8) is 0 Å². The summed E-state index contributed by atoms with van der Waals surface area (Å²) in [6.07, 6.45) is 3.81. The molecule has 42 heavy (non-hydrogen) atoms. The number of benzene rings is 3. The second-order valence-electron chi connectivity index (χ2n) is 9.03. The predicted molar refractivity (Wildman–Crippen MR) is 161 cm³/mol. The maximum atomic E-state index is 12.6. The molecule has 0 heterocycles. The molecule has 0 aliphatic rings. The Balaban J connectivity index is 1.52. The van der Waals surface area contributed by atoms with Gasteiger partial charge >= 0.3 is 23.8 Å². The summed E-state index contributed by atoms with van der Waals surface area (Å²) in [7, 11) is 1.20. The smallest absolute Gasteiger partial charge is 0.321 e. The summed E-state index contributed by atoms with van der Waals surface area (Å²) < 4.78 is 15.0. The molecule has 0 aromatic heterocycles. The Kier molecular flexibility index (Phi) is 12.1. The highest BCUT2D eigenvalue weighted by molar-refractivity contribution is 6.43. The number of hydrogen-bond donors (Lipinski definition) is 3. The monoisotopic (exact) mass is 573 g/mol. The lowest BCUT2D eigenvalue weighted by molar-refractivity contribution is -0.149. The van der Waals surface area contributed by atoms with Gasteiger partial charge in [0.15, 0.2) is 0 Å². The number of carbonyl (C=O) groups is 4. The molecule has 0 spiro atoms. The third-order valence-electron chi connectivity index (χ3n) is 6.08. The van der Waals surface area contributed by atoms with E-state index in [-0.39, 0.29) is 0 Å². The van der Waals surface area contributed by atoms with Crippen LogP contribution in [0.2, 0.25) is 0 Å². The fourth-order valence-electron chi connectivity index (χ4n) is 3.89. The minimum atomic E-state index is -0.783. The molecule has 0 aliphatic carbocycles. The summed E-state index contributed by atoms with van der Waals surface area (Å²) in [4.78, 5) is 47.7. The SMILES string of the molecule is CCOc1cc(CCNc2ccc(/C=C/OC(=O)CC(=O)OC)cc2)ccc1NC(=O)C(=O)Nc1ccccc1CC. The quantitative estimate of drug-likeness (QED) is 0.113. The van der Waals surface area contributed by atoms with E-state index < -0.39 is 30.2 Å². The average molecular weight is 574 g/mol. The van der Waals surface area contributed by atoms with Gasteiger partial charge in [-0.15, -0.1) is 0 Å². The van der Waals surface area contributed by atoms with E-state index in [2.05, 4.69) is 20.7 Å². The Morgan fingerprint density at radius 1 is 0.833 bits per heavy atom. The van der Waals surface area contributed by atoms with Gasteiger partial charge in [-0.2, -0.15) is 0 Å². The van der Waals surface area contributed by atoms with Crippen molar-refractivity contribution < 1.29 is 33.4 Å². The highest BCUT2D eigenvalue weighted by Gasteiger charge is 2.17. The molecule has 0 fully saturated rings. The van der Waals surface area contributed by atoms with Gasteiger partial charge in [-0.3, -0.25) is 19.2 Å². The first-order valence-corrected chi connectivity index (χ1v) is 13.6. The summed E-state index contributed by atoms with van der Waals surface area (Å²) in [5.74, 6) is -2.41. The lowest BCUT2D eigenvalue weighted by Gasteiger charge is -2.14. The van der Waals surface area contributed by atoms with E-state index in [1.54, 1.807) is 24.3 Å². The van der Waals surface area contributed by atoms with Crippen LogP contribution in [0.5, 0.6) is 5.75 Å². The average Bonchev–Trinajstić information content (AvgIpc) is 2.99. The molecule has 3 rings (SSSR count). The number of anilines is 3. The van der Waals surface area contributed by atoms with Crippen molar-refractivity contribution >= 4 is 46.9 Å². The maximum absolute atomic E-state index is 12.6. The number of para-hydroxylation sites is 1. The van der Waals surface area contributed by atoms with Crippen LogP contribution in [0.4, 0.5) is 17.1 Å². The normalized spacial score (nSPS) is 10.5. The Hall–Kier alpha value is -5.12. The number of nitrogens with one attached hydrogen (secondary N) is 3. The molecule has 0 atom stereocenters. The highest BCUT2D eigenvalue weighted by Crippen LogP contribution is 2.27. The van der Waals surface area contributed by atoms with Gasteiger partial charge < -0.3 is 30.2 Å². The molecular weight excluding hydrogens is 538 g/mol. The lowest BCUT2D eigenvalue weighted by Crippen LogP contribution is -2.29. The third kappa shape index (κ3) is 9.81. The summed E-state index contributed by atoms with van der Waals surface area (Å²) in [6, 6.07) is 20.3. The molecular formula is C32H35N3O7. The third-order valence-corrected chi connectivity index (χ3v) is 6.08. The molecule has 2 amide bonds. The van der Waals surface area contributed by atoms with Crippen molar-refractivity contribution in [2.24, 2.45) is 0 Å². The van der Waals surface area contributed by atoms with Crippen molar-refractivity contribution in [3.05, 3.63) is 89.7 Å². The van der Waals surface area contributed by atoms with Gasteiger partial charge in [0, 0.05) is 17.9 Å². The molecule has 0 unspecified atom stereocenters. The highest BCUT2D eigenvalue weighted by atomic mass is 16.5. The largest absolute Gasteiger partial charge is 0.492 e. The molecule has 10 nitrogen and oxygen atoms in total. The van der Waals surface area contributed by atoms with Crippen molar-refractivity contribution in [1.82, 2.24) is 0 Å². The first-order valence-electron chi connectivity index (χ1n) is 13.6. The van der Waals surface area contributed by atoms with Crippen LogP contribution in [-0.4, -0.2) is 44.0 Å². The number of rotatable bonds is 13. The van der Waals surface area contributed by atoms with E-state index in [4.69, 9.17) is 9.47 Å². The number of esters is 2. The minimum absolute atomic E-state index is 0.395. The van der Waals surface area contributed by atoms with Gasteiger partial charge in [-0.05, 0) is 72.9 Å². The molecule has 0 radical (unpaired) electrons. The molecule has 3 aromatic rings. The van der Waals surface area contributed by atoms with Gasteiger partial charge in [-0.1, -0.05) is 43.3 Å². The fraction of sp³-hybridized carbons (Fsp3) is 0.250. The number of aryl methyl sites for hydroxylation is 1. The lowest BCUT2D eigenvalue weighted by atomic mass is 10.1. The van der Waals surface area contributed by atoms with Crippen molar-refractivity contribution in [3.8, 4) is 5.75 Å². The van der Waals surface area contributed by atoms with Crippen LogP contribution in [-0.2, 0) is 41.5 Å². The topological polar surface area (TPSA) is 132 Å². The minimum Gasteiger partial charge on any atom is -0.492 e. The summed E-state index contributed by atoms with van der Waals surface area (Å²) in [5.41, 5.74) is 4.66. The van der Waals surface area contributed by atoms with E-state index in [1.165, 1.54) is 13.4 Å². The van der Waals surface area contributed by atoms with Gasteiger partial charge in [0.05, 0.1) is 25.7 Å². The maximum Gasteiger partial charge on any atom is 0.321 e. The first-order chi connectivity index (χ1) is 20.3. The van der Waals surface area contributed by atoms with Crippen LogP contribution in [0.1, 0.15) is 37.0 Å². The second kappa shape index (κ2) is 16.2. The van der Waals surface area contributed by atoms with E-state index in [0.29, 0.717) is 36.7 Å². The van der Waals surface area contributed by atoms with Gasteiger partial charge in [0.25, 0.3) is 0 Å². The van der Waals surface area contributed by atoms with Gasteiger partial charge in [0.2, 0.25) is 0 Å². The molecule has 0 saturated carbocycles. The van der Waals surface area contributed by atoms with Crippen LogP contribution in [0.25, 0.3) is 6.08 Å². The Morgan fingerprint density at radius 2 is 1.55 bits per heavy atom. The van der Waals surface area contributed by atoms with E-state index in [1.807, 2.05) is 62.4 Å². The zero-order valence-electron chi connectivity index (χ0n) is 23.9. The molecule has 220 valence electrons. The molecule has 3 aromatic carbocycles. The van der Waals surface area contributed by atoms with Crippen LogP contribution in [0.3, 0.4) is 0 Å². The number of amides is 2. The van der Waals surface area contributed by atoms with Crippen molar-refractivity contribution in [1.29, 1.82) is 0 Å². The number of hydrogen-bond acceptors (Lipinski definition) is 8. The van der Waals surface area contributed by atoms with E-state index >= 15 is 0 Å². The van der Waals surface area contributed by atoms with Crippen LogP contribution < -0.4 is 20.7 Å². The predicted octanol–water partition coefficient (Wildman–Crippen LogP) is 4.96. The zero-order chi connectivity index (χ0) is 30.3. The van der Waals surface area contributed by atoms with Crippen molar-refractivity contribution in [2.75, 3.05) is 36.2 Å². The van der Waals surface area contributed by atoms with E-state index in [9.17, 15) is 19.2 Å². The van der Waals surface area contributed by atoms with Crippen molar-refractivity contribution in [2.45, 2.75) is 33.1 Å². The summed E-state index contributed by atoms with van der Waals surface area (Å²) in [6.45, 7) is 4.86. The Labute approximate surface area is 245 Å². The second-order valence-corrected chi connectivity index (χ2v) is 9.03. The zero-order valence-corrected chi connectivity index (χ0v) is 23.9. The molecule has 0 saturated heterocycles. The molecule has 0 bridgehead atoms. The van der Waals surface area contributed by atoms with Crippen LogP contribution in [0, 0.1) is 0 Å². The number of methoxy groups -OCH3 is 1. The summed E-state index contributed by atoms with van der Waals surface area (Å²) >= 11 is 0. The standard InChI is InChI=1S/C32H35N3O7/c1-4-24-8-6-7-9-26(24)34-31(38)32(39)35-27-15-12-23(20-28(27)41-5-2)16-18-33-25-13-10-22(11-14-25)17-19-42-30(37)21-29(36)40-3/h6-15,17,19-20,33H,4-5,16,18,21H2,1-3H3,(H,34,38)(H,35,39)/b19-17+. The number of ether oxygens (including phenoxy) is 3. The van der Waals surface area contributed by atoms with Gasteiger partial charge in [-0.25, -0.2) is 0 Å². The van der Waals surface area contributed by atoms with Gasteiger partial charge in [0.1, 0.15) is 12.2 Å². The summed E-state index contributed by atoms with van der Waals surface area (Å²) in [5, 5.41) is 8.67. The molecule has 0 aliphatic heterocycles.